The summed E-state index contributed by atoms with van der Waals surface area (Å²) in [6.45, 7) is 8.15. The summed E-state index contributed by atoms with van der Waals surface area (Å²) in [7, 11) is 1.60. The Kier molecular flexibility index (Phi) is 6.74. The lowest BCUT2D eigenvalue weighted by atomic mass is 10.1. The third kappa shape index (κ3) is 4.79. The Hall–Kier alpha value is -2.41. The number of H-pyrrole nitrogens is 1. The topological polar surface area (TPSA) is 83.1 Å². The van der Waals surface area contributed by atoms with Crippen LogP contribution in [0.2, 0.25) is 0 Å². The number of aromatic amines is 1. The molecule has 7 nitrogen and oxygen atoms in total. The number of nitrogens with zero attached hydrogens (tertiary/aromatic N) is 3. The number of aromatic nitrogens is 3. The zero-order valence-electron chi connectivity index (χ0n) is 14.5. The Labute approximate surface area is 142 Å². The van der Waals surface area contributed by atoms with Gasteiger partial charge in [0, 0.05) is 12.1 Å². The highest BCUT2D eigenvalue weighted by molar-refractivity contribution is 5.58. The molecule has 0 amide bonds. The Morgan fingerprint density at radius 2 is 1.88 bits per heavy atom. The molecule has 7 heteroatoms. The summed E-state index contributed by atoms with van der Waals surface area (Å²) in [4.78, 5) is 17.3. The highest BCUT2D eigenvalue weighted by Crippen LogP contribution is 2.17. The second-order valence-corrected chi connectivity index (χ2v) is 5.39. The van der Waals surface area contributed by atoms with Gasteiger partial charge in [0.1, 0.15) is 5.75 Å². The van der Waals surface area contributed by atoms with Crippen molar-refractivity contribution in [2.24, 2.45) is 0 Å². The van der Waals surface area contributed by atoms with Crippen molar-refractivity contribution in [1.82, 2.24) is 20.1 Å². The second-order valence-electron chi connectivity index (χ2n) is 5.39. The van der Waals surface area contributed by atoms with Gasteiger partial charge in [0.25, 0.3) is 5.56 Å². The molecule has 0 spiro atoms. The van der Waals surface area contributed by atoms with Gasteiger partial charge in [0.05, 0.1) is 7.11 Å². The highest BCUT2D eigenvalue weighted by atomic mass is 16.5. The average Bonchev–Trinajstić information content (AvgIpc) is 2.62. The maximum atomic E-state index is 12.2. The quantitative estimate of drug-likeness (QED) is 0.684. The Balaban J connectivity index is 1.95. The lowest BCUT2D eigenvalue weighted by molar-refractivity contribution is 0.303. The van der Waals surface area contributed by atoms with Crippen molar-refractivity contribution >= 4 is 5.95 Å². The van der Waals surface area contributed by atoms with Crippen LogP contribution in [0, 0.1) is 0 Å². The number of rotatable bonds is 9. The first-order valence-electron chi connectivity index (χ1n) is 8.25. The fourth-order valence-electron chi connectivity index (χ4n) is 2.40. The van der Waals surface area contributed by atoms with E-state index in [2.05, 4.69) is 39.2 Å². The molecule has 0 aliphatic carbocycles. The van der Waals surface area contributed by atoms with Gasteiger partial charge in [0.15, 0.2) is 5.69 Å². The molecule has 24 heavy (non-hydrogen) atoms. The average molecular weight is 331 g/mol. The lowest BCUT2D eigenvalue weighted by Gasteiger charge is -2.17. The van der Waals surface area contributed by atoms with Gasteiger partial charge in [-0.25, -0.2) is 0 Å². The Bertz CT molecular complexity index is 680. The molecule has 0 atom stereocenters. The van der Waals surface area contributed by atoms with Crippen LogP contribution in [0.3, 0.4) is 0 Å². The van der Waals surface area contributed by atoms with Gasteiger partial charge < -0.3 is 15.0 Å². The zero-order chi connectivity index (χ0) is 17.4. The van der Waals surface area contributed by atoms with Crippen molar-refractivity contribution in [3.8, 4) is 17.0 Å². The van der Waals surface area contributed by atoms with Gasteiger partial charge in [0.2, 0.25) is 5.95 Å². The van der Waals surface area contributed by atoms with E-state index in [0.717, 1.165) is 38.3 Å². The molecule has 0 bridgehead atoms. The number of anilines is 1. The van der Waals surface area contributed by atoms with Crippen LogP contribution in [0.25, 0.3) is 11.3 Å². The first-order valence-corrected chi connectivity index (χ1v) is 8.25. The molecule has 0 radical (unpaired) electrons. The number of benzene rings is 1. The largest absolute Gasteiger partial charge is 0.497 e. The lowest BCUT2D eigenvalue weighted by Crippen LogP contribution is -2.26. The minimum atomic E-state index is -0.263. The van der Waals surface area contributed by atoms with E-state index in [0.29, 0.717) is 17.2 Å². The van der Waals surface area contributed by atoms with E-state index >= 15 is 0 Å². The molecule has 1 aromatic carbocycles. The molecule has 0 saturated carbocycles. The van der Waals surface area contributed by atoms with Gasteiger partial charge in [-0.2, -0.15) is 0 Å². The van der Waals surface area contributed by atoms with Crippen LogP contribution >= 0.6 is 0 Å². The predicted molar refractivity (Wildman–Crippen MR) is 95.5 cm³/mol. The maximum absolute atomic E-state index is 12.2. The summed E-state index contributed by atoms with van der Waals surface area (Å²) in [6, 6.07) is 7.15. The molecule has 0 unspecified atom stereocenters. The van der Waals surface area contributed by atoms with Crippen LogP contribution in [-0.4, -0.2) is 53.4 Å². The fourth-order valence-corrected chi connectivity index (χ4v) is 2.40. The van der Waals surface area contributed by atoms with E-state index in [9.17, 15) is 4.79 Å². The molecule has 1 aromatic heterocycles. The van der Waals surface area contributed by atoms with Gasteiger partial charge in [-0.15, -0.1) is 10.2 Å². The van der Waals surface area contributed by atoms with Crippen LogP contribution in [0.1, 0.15) is 20.3 Å². The van der Waals surface area contributed by atoms with Crippen molar-refractivity contribution < 1.29 is 4.74 Å². The van der Waals surface area contributed by atoms with Crippen molar-refractivity contribution in [3.05, 3.63) is 34.6 Å². The monoisotopic (exact) mass is 331 g/mol. The van der Waals surface area contributed by atoms with Crippen LogP contribution in [-0.2, 0) is 0 Å². The summed E-state index contributed by atoms with van der Waals surface area (Å²) in [5, 5.41) is 11.2. The summed E-state index contributed by atoms with van der Waals surface area (Å²) in [5.74, 6) is 1.13. The van der Waals surface area contributed by atoms with Crippen molar-refractivity contribution in [3.63, 3.8) is 0 Å². The number of hydrogen-bond acceptors (Lipinski definition) is 6. The minimum Gasteiger partial charge on any atom is -0.497 e. The molecule has 0 aliphatic rings. The number of ether oxygens (including phenoxy) is 1. The smallest absolute Gasteiger partial charge is 0.279 e. The van der Waals surface area contributed by atoms with E-state index in [1.807, 2.05) is 0 Å². The maximum Gasteiger partial charge on any atom is 0.279 e. The summed E-state index contributed by atoms with van der Waals surface area (Å²) in [6.07, 6.45) is 0.978. The molecule has 130 valence electrons. The normalized spacial score (nSPS) is 10.8. The molecule has 0 aliphatic heterocycles. The third-order valence-corrected chi connectivity index (χ3v) is 3.90. The molecule has 2 aromatic rings. The summed E-state index contributed by atoms with van der Waals surface area (Å²) < 4.78 is 5.11. The van der Waals surface area contributed by atoms with E-state index < -0.39 is 0 Å². The molecule has 2 rings (SSSR count). The van der Waals surface area contributed by atoms with E-state index in [1.165, 1.54) is 0 Å². The van der Waals surface area contributed by atoms with Crippen LogP contribution in [0.4, 0.5) is 5.95 Å². The van der Waals surface area contributed by atoms with Gasteiger partial charge in [-0.05, 0) is 50.3 Å². The van der Waals surface area contributed by atoms with Gasteiger partial charge >= 0.3 is 0 Å². The molecule has 0 fully saturated rings. The second kappa shape index (κ2) is 9.02. The van der Waals surface area contributed by atoms with Gasteiger partial charge in [-0.1, -0.05) is 13.8 Å². The number of methoxy groups -OCH3 is 1. The van der Waals surface area contributed by atoms with E-state index in [-0.39, 0.29) is 5.56 Å². The first kappa shape index (κ1) is 17.9. The van der Waals surface area contributed by atoms with Gasteiger partial charge in [-0.3, -0.25) is 9.78 Å². The van der Waals surface area contributed by atoms with Crippen LogP contribution < -0.4 is 15.6 Å². The van der Waals surface area contributed by atoms with E-state index in [4.69, 9.17) is 4.74 Å². The van der Waals surface area contributed by atoms with Crippen molar-refractivity contribution in [1.29, 1.82) is 0 Å². The molecule has 2 N–H and O–H groups in total. The van der Waals surface area contributed by atoms with Crippen molar-refractivity contribution in [2.45, 2.75) is 20.3 Å². The summed E-state index contributed by atoms with van der Waals surface area (Å²) in [5.41, 5.74) is 0.741. The standard InChI is InChI=1S/C17H25N5O2/c1-4-22(5-2)12-6-11-18-17-19-16(23)15(20-21-17)13-7-9-14(24-3)10-8-13/h7-10H,4-6,11-12H2,1-3H3,(H2,18,19,21,23). The fraction of sp³-hybridized carbons (Fsp3) is 0.471. The van der Waals surface area contributed by atoms with Crippen molar-refractivity contribution in [2.75, 3.05) is 38.6 Å². The highest BCUT2D eigenvalue weighted by Gasteiger charge is 2.08. The zero-order valence-corrected chi connectivity index (χ0v) is 14.5. The Morgan fingerprint density at radius 3 is 2.46 bits per heavy atom. The molecule has 0 saturated heterocycles. The molecular formula is C17H25N5O2. The first-order chi connectivity index (χ1) is 11.7. The molecule has 1 heterocycles. The van der Waals surface area contributed by atoms with Crippen LogP contribution in [0.5, 0.6) is 5.75 Å². The third-order valence-electron chi connectivity index (χ3n) is 3.90. The van der Waals surface area contributed by atoms with Crippen LogP contribution in [0.15, 0.2) is 29.1 Å². The van der Waals surface area contributed by atoms with E-state index in [1.54, 1.807) is 31.4 Å². The molecular weight excluding hydrogens is 306 g/mol. The Morgan fingerprint density at radius 1 is 1.17 bits per heavy atom. The minimum absolute atomic E-state index is 0.263. The predicted octanol–water partition coefficient (Wildman–Crippen LogP) is 1.98. The number of nitrogens with one attached hydrogen (secondary N) is 2. The SMILES string of the molecule is CCN(CC)CCCNc1nnc(-c2ccc(OC)cc2)c(=O)[nH]1. The summed E-state index contributed by atoms with van der Waals surface area (Å²) >= 11 is 0. The number of hydrogen-bond donors (Lipinski definition) is 2.